The van der Waals surface area contributed by atoms with Crippen molar-refractivity contribution in [1.29, 1.82) is 0 Å². The van der Waals surface area contributed by atoms with E-state index in [9.17, 15) is 14.4 Å². The van der Waals surface area contributed by atoms with E-state index in [0.717, 1.165) is 70.6 Å². The van der Waals surface area contributed by atoms with Crippen molar-refractivity contribution >= 4 is 17.9 Å². The molecule has 0 rings (SSSR count). The molecule has 0 aromatic heterocycles. The molecule has 0 spiro atoms. The van der Waals surface area contributed by atoms with Gasteiger partial charge in [0.05, 0.1) is 0 Å². The average molecular weight is 998 g/mol. The molecular weight excluding hydrogens is 877 g/mol. The van der Waals surface area contributed by atoms with Gasteiger partial charge in [-0.05, 0) is 77.0 Å². The highest BCUT2D eigenvalue weighted by atomic mass is 16.6. The number of esters is 3. The fourth-order valence-electron chi connectivity index (χ4n) is 9.35. The minimum absolute atomic E-state index is 0.0713. The zero-order valence-electron chi connectivity index (χ0n) is 47.8. The van der Waals surface area contributed by atoms with Gasteiger partial charge in [0.15, 0.2) is 6.10 Å². The molecule has 1 unspecified atom stereocenters. The maximum Gasteiger partial charge on any atom is 0.306 e. The van der Waals surface area contributed by atoms with E-state index in [0.29, 0.717) is 19.3 Å². The zero-order valence-corrected chi connectivity index (χ0v) is 47.8. The van der Waals surface area contributed by atoms with Crippen LogP contribution in [0.1, 0.15) is 342 Å². The van der Waals surface area contributed by atoms with Crippen LogP contribution < -0.4 is 0 Å². The Morgan fingerprint density at radius 3 is 0.789 bits per heavy atom. The summed E-state index contributed by atoms with van der Waals surface area (Å²) < 4.78 is 16.8. The summed E-state index contributed by atoms with van der Waals surface area (Å²) in [6.45, 7) is 6.60. The number of hydrogen-bond donors (Lipinski definition) is 0. The number of ether oxygens (including phenoxy) is 3. The van der Waals surface area contributed by atoms with Crippen LogP contribution >= 0.6 is 0 Å². The van der Waals surface area contributed by atoms with E-state index >= 15 is 0 Å². The van der Waals surface area contributed by atoms with Crippen LogP contribution in [0.3, 0.4) is 0 Å². The first-order valence-electron chi connectivity index (χ1n) is 31.5. The van der Waals surface area contributed by atoms with Gasteiger partial charge in [-0.3, -0.25) is 14.4 Å². The number of carbonyl (C=O) groups excluding carboxylic acids is 3. The summed E-state index contributed by atoms with van der Waals surface area (Å²) in [7, 11) is 0. The first kappa shape index (κ1) is 68.6. The van der Waals surface area contributed by atoms with Gasteiger partial charge in [-0.2, -0.15) is 0 Å². The summed E-state index contributed by atoms with van der Waals surface area (Å²) in [5.41, 5.74) is 0. The second kappa shape index (κ2) is 60.2. The van der Waals surface area contributed by atoms with Crippen LogP contribution in [0, 0.1) is 0 Å². The van der Waals surface area contributed by atoms with Gasteiger partial charge >= 0.3 is 17.9 Å². The summed E-state index contributed by atoms with van der Waals surface area (Å²) in [6, 6.07) is 0. The van der Waals surface area contributed by atoms with Crippen LogP contribution in [0.2, 0.25) is 0 Å². The van der Waals surface area contributed by atoms with Gasteiger partial charge in [-0.25, -0.2) is 0 Å². The van der Waals surface area contributed by atoms with Crippen LogP contribution in [-0.2, 0) is 28.6 Å². The molecule has 6 heteroatoms. The Bertz CT molecular complexity index is 1190. The third kappa shape index (κ3) is 58.4. The second-order valence-electron chi connectivity index (χ2n) is 21.3. The van der Waals surface area contributed by atoms with Crippen molar-refractivity contribution in [3.63, 3.8) is 0 Å². The highest BCUT2D eigenvalue weighted by Gasteiger charge is 2.19. The Balaban J connectivity index is 3.97. The maximum absolute atomic E-state index is 12.8. The van der Waals surface area contributed by atoms with Gasteiger partial charge in [-0.15, -0.1) is 0 Å². The lowest BCUT2D eigenvalue weighted by atomic mass is 10.0. The van der Waals surface area contributed by atoms with Crippen molar-refractivity contribution in [3.05, 3.63) is 36.5 Å². The van der Waals surface area contributed by atoms with Gasteiger partial charge in [0.25, 0.3) is 0 Å². The molecule has 1 atom stereocenters. The molecule has 0 aromatic rings. The molecule has 0 radical (unpaired) electrons. The Labute approximate surface area is 442 Å². The summed E-state index contributed by atoms with van der Waals surface area (Å²) in [4.78, 5) is 37.9. The fourth-order valence-corrected chi connectivity index (χ4v) is 9.35. The van der Waals surface area contributed by atoms with E-state index in [2.05, 4.69) is 57.2 Å². The van der Waals surface area contributed by atoms with Crippen LogP contribution in [0.15, 0.2) is 36.5 Å². The second-order valence-corrected chi connectivity index (χ2v) is 21.3. The number of unbranched alkanes of at least 4 members (excludes halogenated alkanes) is 41. The molecule has 71 heavy (non-hydrogen) atoms. The monoisotopic (exact) mass is 997 g/mol. The fraction of sp³-hybridized carbons (Fsp3) is 0.862. The number of rotatable bonds is 58. The molecule has 0 aliphatic heterocycles. The van der Waals surface area contributed by atoms with E-state index in [1.807, 2.05) is 0 Å². The van der Waals surface area contributed by atoms with Gasteiger partial charge in [0.1, 0.15) is 13.2 Å². The van der Waals surface area contributed by atoms with E-state index in [1.54, 1.807) is 0 Å². The summed E-state index contributed by atoms with van der Waals surface area (Å²) >= 11 is 0. The lowest BCUT2D eigenvalue weighted by Crippen LogP contribution is -2.30. The Kier molecular flexibility index (Phi) is 58.2. The topological polar surface area (TPSA) is 78.9 Å². The molecule has 0 aliphatic rings. The largest absolute Gasteiger partial charge is 0.462 e. The molecule has 0 bridgehead atoms. The smallest absolute Gasteiger partial charge is 0.306 e. The van der Waals surface area contributed by atoms with Gasteiger partial charge in [-0.1, -0.05) is 282 Å². The number of carbonyl (C=O) groups is 3. The van der Waals surface area contributed by atoms with E-state index in [1.165, 1.54) is 231 Å². The maximum atomic E-state index is 12.8. The van der Waals surface area contributed by atoms with Crippen molar-refractivity contribution < 1.29 is 28.6 Å². The molecule has 6 nitrogen and oxygen atoms in total. The van der Waals surface area contributed by atoms with Gasteiger partial charge < -0.3 is 14.2 Å². The van der Waals surface area contributed by atoms with Gasteiger partial charge in [0.2, 0.25) is 0 Å². The molecule has 0 saturated carbocycles. The predicted molar refractivity (Wildman–Crippen MR) is 307 cm³/mol. The van der Waals surface area contributed by atoms with Crippen molar-refractivity contribution in [2.24, 2.45) is 0 Å². The molecule has 0 heterocycles. The van der Waals surface area contributed by atoms with Gasteiger partial charge in [0, 0.05) is 19.3 Å². The van der Waals surface area contributed by atoms with Crippen molar-refractivity contribution in [2.45, 2.75) is 348 Å². The third-order valence-corrected chi connectivity index (χ3v) is 14.1. The minimum Gasteiger partial charge on any atom is -0.462 e. The summed E-state index contributed by atoms with van der Waals surface area (Å²) in [5.74, 6) is -0.872. The van der Waals surface area contributed by atoms with E-state index in [-0.39, 0.29) is 31.1 Å². The minimum atomic E-state index is -0.770. The Morgan fingerprint density at radius 2 is 0.507 bits per heavy atom. The van der Waals surface area contributed by atoms with Crippen molar-refractivity contribution in [2.75, 3.05) is 13.2 Å². The lowest BCUT2D eigenvalue weighted by Gasteiger charge is -2.18. The van der Waals surface area contributed by atoms with Crippen LogP contribution in [0.4, 0.5) is 0 Å². The molecule has 416 valence electrons. The molecule has 0 amide bonds. The summed E-state index contributed by atoms with van der Waals surface area (Å²) in [5, 5.41) is 0. The quantitative estimate of drug-likeness (QED) is 0.0261. The molecule has 0 aromatic carbocycles. The number of allylic oxidation sites excluding steroid dienone is 6. The predicted octanol–water partition coefficient (Wildman–Crippen LogP) is 21.2. The molecule has 0 aliphatic carbocycles. The Morgan fingerprint density at radius 1 is 0.282 bits per heavy atom. The highest BCUT2D eigenvalue weighted by molar-refractivity contribution is 5.71. The number of hydrogen-bond acceptors (Lipinski definition) is 6. The van der Waals surface area contributed by atoms with E-state index < -0.39 is 6.10 Å². The van der Waals surface area contributed by atoms with E-state index in [4.69, 9.17) is 14.2 Å². The van der Waals surface area contributed by atoms with Crippen LogP contribution in [0.5, 0.6) is 0 Å². The highest BCUT2D eigenvalue weighted by Crippen LogP contribution is 2.17. The molecular formula is C65H120O6. The standard InChI is InChI=1S/C65H120O6/c1-4-7-10-13-16-18-20-22-24-26-27-28-29-30-31-32-33-34-35-36-37-38-39-40-42-43-45-47-49-52-55-58-64(67)70-61-62(60-69-63(66)57-54-51-15-12-9-6-3)71-65(68)59-56-53-50-48-46-44-41-25-23-21-19-17-14-11-8-5-2/h20,22,25-27,41,62H,4-19,21,23-24,28-40,42-61H2,1-3H3/b22-20-,27-26-,41-25-. The summed E-state index contributed by atoms with van der Waals surface area (Å²) in [6.07, 6.45) is 73.4. The first-order valence-corrected chi connectivity index (χ1v) is 31.5. The molecule has 0 fully saturated rings. The first-order chi connectivity index (χ1) is 35.0. The lowest BCUT2D eigenvalue weighted by molar-refractivity contribution is -0.167. The van der Waals surface area contributed by atoms with Crippen LogP contribution in [-0.4, -0.2) is 37.2 Å². The van der Waals surface area contributed by atoms with Crippen LogP contribution in [0.25, 0.3) is 0 Å². The molecule has 0 saturated heterocycles. The van der Waals surface area contributed by atoms with Crippen molar-refractivity contribution in [3.8, 4) is 0 Å². The Hall–Kier alpha value is -2.37. The van der Waals surface area contributed by atoms with Crippen molar-refractivity contribution in [1.82, 2.24) is 0 Å². The third-order valence-electron chi connectivity index (χ3n) is 14.1. The molecule has 0 N–H and O–H groups in total. The average Bonchev–Trinajstić information content (AvgIpc) is 3.37. The zero-order chi connectivity index (χ0) is 51.4. The normalized spacial score (nSPS) is 12.2. The SMILES string of the molecule is CCCCCCC/C=C\C/C=C\CCCCCCCCCCCCCCCCCCCCCC(=O)OCC(COC(=O)CCCCCCCC)OC(=O)CCCCCCC/C=C\CCCCCCCCC.